The van der Waals surface area contributed by atoms with E-state index in [0.717, 1.165) is 51.4 Å². The molecule has 7 nitrogen and oxygen atoms in total. The van der Waals surface area contributed by atoms with Crippen LogP contribution in [-0.2, 0) is 9.53 Å². The molecule has 0 aromatic carbocycles. The molecule has 3 atom stereocenters. The quantitative estimate of drug-likeness (QED) is 0.716. The van der Waals surface area contributed by atoms with Gasteiger partial charge >= 0.3 is 0 Å². The molecule has 0 radical (unpaired) electrons. The van der Waals surface area contributed by atoms with Crippen molar-refractivity contribution in [3.05, 3.63) is 24.4 Å². The molecular formula is C18H31Cl2N5O2. The van der Waals surface area contributed by atoms with Gasteiger partial charge in [-0.05, 0) is 31.9 Å². The van der Waals surface area contributed by atoms with Gasteiger partial charge in [-0.3, -0.25) is 9.69 Å². The second-order valence-corrected chi connectivity index (χ2v) is 6.95. The number of carbonyl (C=O) groups is 1. The summed E-state index contributed by atoms with van der Waals surface area (Å²) in [5.74, 6) is 1.03. The van der Waals surface area contributed by atoms with Crippen molar-refractivity contribution in [1.29, 1.82) is 0 Å². The number of nitrogens with two attached hydrogens (primary N) is 1. The average Bonchev–Trinajstić information content (AvgIpc) is 3.12. The van der Waals surface area contributed by atoms with Crippen LogP contribution in [0.5, 0.6) is 0 Å². The first-order valence-corrected chi connectivity index (χ1v) is 9.20. The van der Waals surface area contributed by atoms with E-state index in [1.807, 2.05) is 18.3 Å². The maximum atomic E-state index is 12.3. The molecule has 154 valence electrons. The van der Waals surface area contributed by atoms with Gasteiger partial charge < -0.3 is 20.7 Å². The van der Waals surface area contributed by atoms with Crippen molar-refractivity contribution in [1.82, 2.24) is 15.2 Å². The second kappa shape index (κ2) is 11.7. The average molecular weight is 420 g/mol. The lowest BCUT2D eigenvalue weighted by Crippen LogP contribution is -2.52. The van der Waals surface area contributed by atoms with Crippen LogP contribution in [0.25, 0.3) is 0 Å². The van der Waals surface area contributed by atoms with E-state index in [4.69, 9.17) is 10.5 Å². The number of hydrogen-bond donors (Lipinski definition) is 2. The van der Waals surface area contributed by atoms with Crippen molar-refractivity contribution in [2.24, 2.45) is 5.73 Å². The molecule has 1 aromatic heterocycles. The van der Waals surface area contributed by atoms with Crippen LogP contribution in [0.1, 0.15) is 19.8 Å². The molecule has 1 aromatic rings. The Hall–Kier alpha value is -1.12. The third-order valence-corrected chi connectivity index (χ3v) is 4.93. The Kier molecular flexibility index (Phi) is 10.3. The van der Waals surface area contributed by atoms with Crippen molar-refractivity contribution in [2.75, 3.05) is 44.2 Å². The number of ether oxygens (including phenoxy) is 1. The standard InChI is InChI=1S/C18H29N5O2.2ClH/c1-14(21-18(24)16-6-5-15(12-19)25-16)13-22-8-10-23(11-9-22)17-4-2-3-7-20-17;;/h2-4,7,14-16H,5-6,8-13,19H2,1H3,(H,21,24);2*1H/t14?,15-,16+;;/m1../s1. The summed E-state index contributed by atoms with van der Waals surface area (Å²) in [5, 5.41) is 3.08. The van der Waals surface area contributed by atoms with E-state index >= 15 is 0 Å². The molecule has 0 spiro atoms. The van der Waals surface area contributed by atoms with Crippen LogP contribution < -0.4 is 16.0 Å². The maximum absolute atomic E-state index is 12.3. The summed E-state index contributed by atoms with van der Waals surface area (Å²) >= 11 is 0. The SMILES string of the molecule is CC(CN1CCN(c2ccccn2)CC1)NC(=O)[C@@H]1CC[C@H](CN)O1.Cl.Cl. The third kappa shape index (κ3) is 6.76. The van der Waals surface area contributed by atoms with Gasteiger partial charge in [-0.25, -0.2) is 4.98 Å². The van der Waals surface area contributed by atoms with E-state index < -0.39 is 0 Å². The number of nitrogens with zero attached hydrogens (tertiary/aromatic N) is 3. The summed E-state index contributed by atoms with van der Waals surface area (Å²) in [5.41, 5.74) is 5.60. The van der Waals surface area contributed by atoms with Gasteiger partial charge in [0.1, 0.15) is 11.9 Å². The van der Waals surface area contributed by atoms with Crippen LogP contribution in [0.3, 0.4) is 0 Å². The molecule has 9 heteroatoms. The van der Waals surface area contributed by atoms with Crippen LogP contribution in [0.15, 0.2) is 24.4 Å². The summed E-state index contributed by atoms with van der Waals surface area (Å²) in [4.78, 5) is 21.4. The Morgan fingerprint density at radius 3 is 2.63 bits per heavy atom. The molecule has 1 amide bonds. The van der Waals surface area contributed by atoms with Gasteiger partial charge in [-0.15, -0.1) is 24.8 Å². The van der Waals surface area contributed by atoms with Crippen molar-refractivity contribution in [3.63, 3.8) is 0 Å². The van der Waals surface area contributed by atoms with Gasteiger partial charge in [0.2, 0.25) is 5.91 Å². The molecule has 0 saturated carbocycles. The highest BCUT2D eigenvalue weighted by molar-refractivity contribution is 5.85. The minimum atomic E-state index is -0.336. The molecule has 27 heavy (non-hydrogen) atoms. The molecule has 2 saturated heterocycles. The fourth-order valence-corrected chi connectivity index (χ4v) is 3.54. The number of aromatic nitrogens is 1. The van der Waals surface area contributed by atoms with Gasteiger partial charge in [0.25, 0.3) is 0 Å². The Labute approximate surface area is 173 Å². The van der Waals surface area contributed by atoms with E-state index in [9.17, 15) is 4.79 Å². The highest BCUT2D eigenvalue weighted by Crippen LogP contribution is 2.19. The molecule has 0 bridgehead atoms. The zero-order chi connectivity index (χ0) is 17.6. The van der Waals surface area contributed by atoms with E-state index in [2.05, 4.69) is 33.1 Å². The van der Waals surface area contributed by atoms with Gasteiger partial charge in [-0.1, -0.05) is 6.07 Å². The zero-order valence-corrected chi connectivity index (χ0v) is 17.4. The Bertz CT molecular complexity index is 558. The molecule has 2 fully saturated rings. The van der Waals surface area contributed by atoms with Crippen LogP contribution in [0.2, 0.25) is 0 Å². The van der Waals surface area contributed by atoms with E-state index in [0.29, 0.717) is 6.54 Å². The van der Waals surface area contributed by atoms with Crippen molar-refractivity contribution in [3.8, 4) is 0 Å². The number of anilines is 1. The molecule has 1 unspecified atom stereocenters. The summed E-state index contributed by atoms with van der Waals surface area (Å²) in [7, 11) is 0. The number of pyridine rings is 1. The smallest absolute Gasteiger partial charge is 0.249 e. The molecule has 3 N–H and O–H groups in total. The Morgan fingerprint density at radius 2 is 2.04 bits per heavy atom. The van der Waals surface area contributed by atoms with Gasteiger partial charge in [0.05, 0.1) is 6.10 Å². The zero-order valence-electron chi connectivity index (χ0n) is 15.8. The lowest BCUT2D eigenvalue weighted by molar-refractivity contribution is -0.132. The van der Waals surface area contributed by atoms with Crippen LogP contribution in [0, 0.1) is 0 Å². The molecule has 2 aliphatic rings. The van der Waals surface area contributed by atoms with E-state index in [1.165, 1.54) is 0 Å². The number of piperazine rings is 1. The van der Waals surface area contributed by atoms with Crippen LogP contribution in [0.4, 0.5) is 5.82 Å². The fourth-order valence-electron chi connectivity index (χ4n) is 3.54. The maximum Gasteiger partial charge on any atom is 0.249 e. The number of carbonyl (C=O) groups excluding carboxylic acids is 1. The molecule has 3 rings (SSSR count). The highest BCUT2D eigenvalue weighted by Gasteiger charge is 2.30. The minimum absolute atomic E-state index is 0. The largest absolute Gasteiger partial charge is 0.364 e. The molecule has 2 aliphatic heterocycles. The predicted molar refractivity (Wildman–Crippen MR) is 112 cm³/mol. The highest BCUT2D eigenvalue weighted by atomic mass is 35.5. The summed E-state index contributed by atoms with van der Waals surface area (Å²) < 4.78 is 5.66. The van der Waals surface area contributed by atoms with Crippen LogP contribution in [-0.4, -0.2) is 73.3 Å². The van der Waals surface area contributed by atoms with Gasteiger partial charge in [0, 0.05) is 51.5 Å². The van der Waals surface area contributed by atoms with E-state index in [1.54, 1.807) is 0 Å². The number of nitrogens with one attached hydrogen (secondary N) is 1. The minimum Gasteiger partial charge on any atom is -0.364 e. The number of rotatable bonds is 6. The topological polar surface area (TPSA) is 83.7 Å². The summed E-state index contributed by atoms with van der Waals surface area (Å²) in [6, 6.07) is 6.12. The van der Waals surface area contributed by atoms with Crippen molar-refractivity contribution in [2.45, 2.75) is 38.0 Å². The first kappa shape index (κ1) is 23.9. The Morgan fingerprint density at radius 1 is 1.30 bits per heavy atom. The lowest BCUT2D eigenvalue weighted by atomic mass is 10.1. The Balaban J connectivity index is 0.00000182. The molecule has 0 aliphatic carbocycles. The normalized spacial score (nSPS) is 23.9. The third-order valence-electron chi connectivity index (χ3n) is 4.93. The lowest BCUT2D eigenvalue weighted by Gasteiger charge is -2.36. The predicted octanol–water partition coefficient (Wildman–Crippen LogP) is 1.06. The summed E-state index contributed by atoms with van der Waals surface area (Å²) in [6.07, 6.45) is 3.17. The van der Waals surface area contributed by atoms with Crippen molar-refractivity contribution >= 4 is 36.5 Å². The van der Waals surface area contributed by atoms with Gasteiger partial charge in [-0.2, -0.15) is 0 Å². The van der Waals surface area contributed by atoms with Gasteiger partial charge in [0.15, 0.2) is 0 Å². The molecular weight excluding hydrogens is 389 g/mol. The monoisotopic (exact) mass is 419 g/mol. The first-order valence-electron chi connectivity index (χ1n) is 9.20. The van der Waals surface area contributed by atoms with E-state index in [-0.39, 0.29) is 49.0 Å². The molecule has 3 heterocycles. The van der Waals surface area contributed by atoms with Crippen molar-refractivity contribution < 1.29 is 9.53 Å². The number of hydrogen-bond acceptors (Lipinski definition) is 6. The van der Waals surface area contributed by atoms with Crippen LogP contribution >= 0.6 is 24.8 Å². The first-order chi connectivity index (χ1) is 12.2. The second-order valence-electron chi connectivity index (χ2n) is 6.95. The fraction of sp³-hybridized carbons (Fsp3) is 0.667. The number of halogens is 2. The summed E-state index contributed by atoms with van der Waals surface area (Å²) in [6.45, 7) is 7.27. The number of amides is 1.